The van der Waals surface area contributed by atoms with Gasteiger partial charge >= 0.3 is 0 Å². The van der Waals surface area contributed by atoms with Crippen LogP contribution in [0.3, 0.4) is 0 Å². The summed E-state index contributed by atoms with van der Waals surface area (Å²) >= 11 is 0. The highest BCUT2D eigenvalue weighted by Gasteiger charge is 2.34. The number of nitrogens with two attached hydrogens (primary N) is 1. The normalized spacial score (nSPS) is 21.6. The quantitative estimate of drug-likeness (QED) is 0.320. The zero-order valence-electron chi connectivity index (χ0n) is 12.6. The van der Waals surface area contributed by atoms with Gasteiger partial charge in [-0.3, -0.25) is 9.80 Å². The first-order chi connectivity index (χ1) is 8.93. The third-order valence-electron chi connectivity index (χ3n) is 4.20. The van der Waals surface area contributed by atoms with Gasteiger partial charge in [0.1, 0.15) is 0 Å². The lowest BCUT2D eigenvalue weighted by molar-refractivity contribution is 0.0527. The molecule has 1 fully saturated rings. The summed E-state index contributed by atoms with van der Waals surface area (Å²) in [5.41, 5.74) is 5.38. The number of amidine groups is 1. The Morgan fingerprint density at radius 3 is 2.42 bits per heavy atom. The van der Waals surface area contributed by atoms with Crippen molar-refractivity contribution < 1.29 is 9.94 Å². The van der Waals surface area contributed by atoms with Gasteiger partial charge in [-0.05, 0) is 27.2 Å². The van der Waals surface area contributed by atoms with Gasteiger partial charge in [-0.25, -0.2) is 0 Å². The van der Waals surface area contributed by atoms with Crippen molar-refractivity contribution in [2.24, 2.45) is 10.9 Å². The van der Waals surface area contributed by atoms with Crippen LogP contribution < -0.4 is 5.73 Å². The van der Waals surface area contributed by atoms with Crippen LogP contribution in [0.1, 0.15) is 27.2 Å². The van der Waals surface area contributed by atoms with Crippen LogP contribution >= 0.6 is 0 Å². The summed E-state index contributed by atoms with van der Waals surface area (Å²) in [5.74, 6) is 0.272. The van der Waals surface area contributed by atoms with Crippen LogP contribution in [-0.4, -0.2) is 72.3 Å². The second-order valence-corrected chi connectivity index (χ2v) is 5.70. The molecular weight excluding hydrogens is 244 g/mol. The third-order valence-corrected chi connectivity index (χ3v) is 4.20. The predicted molar refractivity (Wildman–Crippen MR) is 76.6 cm³/mol. The molecule has 1 rings (SSSR count). The Morgan fingerprint density at radius 2 is 1.95 bits per heavy atom. The van der Waals surface area contributed by atoms with Crippen LogP contribution in [0, 0.1) is 0 Å². The van der Waals surface area contributed by atoms with Gasteiger partial charge in [-0.15, -0.1) is 0 Å². The van der Waals surface area contributed by atoms with E-state index >= 15 is 0 Å². The molecule has 0 saturated carbocycles. The molecule has 0 aromatic heterocycles. The van der Waals surface area contributed by atoms with Crippen molar-refractivity contribution in [2.75, 3.05) is 39.9 Å². The fraction of sp³-hybridized carbons (Fsp3) is 0.923. The minimum absolute atomic E-state index is 0.272. The molecule has 1 heterocycles. The second-order valence-electron chi connectivity index (χ2n) is 5.70. The van der Waals surface area contributed by atoms with E-state index < -0.39 is 5.54 Å². The van der Waals surface area contributed by atoms with Crippen molar-refractivity contribution in [3.05, 3.63) is 0 Å². The fourth-order valence-corrected chi connectivity index (χ4v) is 2.48. The monoisotopic (exact) mass is 272 g/mol. The summed E-state index contributed by atoms with van der Waals surface area (Å²) in [7, 11) is 1.74. The van der Waals surface area contributed by atoms with Gasteiger partial charge < -0.3 is 15.7 Å². The SMILES string of the molecule is COCCC(C)N1CCN(C(C)(C)C(N)=NO)CC1. The maximum Gasteiger partial charge on any atom is 0.159 e. The second kappa shape index (κ2) is 7.07. The minimum atomic E-state index is -0.392. The molecule has 1 aliphatic rings. The van der Waals surface area contributed by atoms with E-state index in [4.69, 9.17) is 15.7 Å². The molecule has 0 aromatic carbocycles. The van der Waals surface area contributed by atoms with Crippen LogP contribution in [0.4, 0.5) is 0 Å². The van der Waals surface area contributed by atoms with Crippen molar-refractivity contribution >= 4 is 5.84 Å². The lowest BCUT2D eigenvalue weighted by Gasteiger charge is -2.44. The van der Waals surface area contributed by atoms with E-state index in [1.54, 1.807) is 7.11 Å². The van der Waals surface area contributed by atoms with Gasteiger partial charge in [-0.2, -0.15) is 0 Å². The van der Waals surface area contributed by atoms with Gasteiger partial charge in [0.15, 0.2) is 5.84 Å². The van der Waals surface area contributed by atoms with Gasteiger partial charge in [0, 0.05) is 45.9 Å². The smallest absolute Gasteiger partial charge is 0.159 e. The van der Waals surface area contributed by atoms with Crippen LogP contribution in [-0.2, 0) is 4.74 Å². The van der Waals surface area contributed by atoms with E-state index in [0.29, 0.717) is 6.04 Å². The van der Waals surface area contributed by atoms with Crippen LogP contribution in [0.2, 0.25) is 0 Å². The number of rotatable bonds is 6. The minimum Gasteiger partial charge on any atom is -0.409 e. The molecule has 6 nitrogen and oxygen atoms in total. The van der Waals surface area contributed by atoms with Crippen LogP contribution in [0.25, 0.3) is 0 Å². The summed E-state index contributed by atoms with van der Waals surface area (Å²) < 4.78 is 5.13. The van der Waals surface area contributed by atoms with E-state index in [0.717, 1.165) is 39.2 Å². The lowest BCUT2D eigenvalue weighted by Crippen LogP contribution is -2.60. The molecule has 1 saturated heterocycles. The molecule has 0 radical (unpaired) electrons. The van der Waals surface area contributed by atoms with E-state index in [1.165, 1.54) is 0 Å². The zero-order chi connectivity index (χ0) is 14.5. The summed E-state index contributed by atoms with van der Waals surface area (Å²) in [6.45, 7) is 10.9. The highest BCUT2D eigenvalue weighted by molar-refractivity contribution is 5.88. The molecule has 112 valence electrons. The van der Waals surface area contributed by atoms with E-state index in [2.05, 4.69) is 21.9 Å². The molecular formula is C13H28N4O2. The van der Waals surface area contributed by atoms with Crippen LogP contribution in [0.5, 0.6) is 0 Å². The van der Waals surface area contributed by atoms with Crippen molar-refractivity contribution in [1.82, 2.24) is 9.80 Å². The van der Waals surface area contributed by atoms with E-state index in [9.17, 15) is 0 Å². The maximum absolute atomic E-state index is 8.85. The number of hydrogen-bond acceptors (Lipinski definition) is 5. The van der Waals surface area contributed by atoms with Gasteiger partial charge in [0.05, 0.1) is 5.54 Å². The Labute approximate surface area is 116 Å². The molecule has 0 aromatic rings. The molecule has 6 heteroatoms. The summed E-state index contributed by atoms with van der Waals surface area (Å²) in [6, 6.07) is 0.536. The number of oxime groups is 1. The van der Waals surface area contributed by atoms with Gasteiger partial charge in [-0.1, -0.05) is 5.16 Å². The van der Waals surface area contributed by atoms with E-state index in [-0.39, 0.29) is 5.84 Å². The number of methoxy groups -OCH3 is 1. The number of piperazine rings is 1. The molecule has 3 N–H and O–H groups in total. The highest BCUT2D eigenvalue weighted by Crippen LogP contribution is 2.18. The Morgan fingerprint density at radius 1 is 1.37 bits per heavy atom. The standard InChI is InChI=1S/C13H28N4O2/c1-11(5-10-19-4)16-6-8-17(9-7-16)13(2,3)12(14)15-18/h11,18H,5-10H2,1-4H3,(H2,14,15). The molecule has 1 aliphatic heterocycles. The molecule has 19 heavy (non-hydrogen) atoms. The van der Waals surface area contributed by atoms with Gasteiger partial charge in [0.25, 0.3) is 0 Å². The molecule has 0 amide bonds. The average Bonchev–Trinajstić information content (AvgIpc) is 2.43. The largest absolute Gasteiger partial charge is 0.409 e. The van der Waals surface area contributed by atoms with Gasteiger partial charge in [0.2, 0.25) is 0 Å². The molecule has 1 unspecified atom stereocenters. The fourth-order valence-electron chi connectivity index (χ4n) is 2.48. The topological polar surface area (TPSA) is 74.3 Å². The average molecular weight is 272 g/mol. The first-order valence-corrected chi connectivity index (χ1v) is 6.89. The summed E-state index contributed by atoms with van der Waals surface area (Å²) in [4.78, 5) is 4.74. The van der Waals surface area contributed by atoms with Crippen molar-refractivity contribution in [1.29, 1.82) is 0 Å². The lowest BCUT2D eigenvalue weighted by atomic mass is 10.00. The Hall–Kier alpha value is -0.850. The van der Waals surface area contributed by atoms with Crippen LogP contribution in [0.15, 0.2) is 5.16 Å². The summed E-state index contributed by atoms with van der Waals surface area (Å²) in [6.07, 6.45) is 1.06. The number of nitrogens with zero attached hydrogens (tertiary/aromatic N) is 3. The molecule has 0 spiro atoms. The predicted octanol–water partition coefficient (Wildman–Crippen LogP) is 0.554. The zero-order valence-corrected chi connectivity index (χ0v) is 12.6. The maximum atomic E-state index is 8.85. The number of hydrogen-bond donors (Lipinski definition) is 2. The first-order valence-electron chi connectivity index (χ1n) is 6.89. The van der Waals surface area contributed by atoms with Crippen molar-refractivity contribution in [3.8, 4) is 0 Å². The summed E-state index contributed by atoms with van der Waals surface area (Å²) in [5, 5.41) is 12.0. The Kier molecular flexibility index (Phi) is 6.03. The number of ether oxygens (including phenoxy) is 1. The first kappa shape index (κ1) is 16.2. The van der Waals surface area contributed by atoms with Crippen molar-refractivity contribution in [3.63, 3.8) is 0 Å². The molecule has 0 bridgehead atoms. The Balaban J connectivity index is 2.49. The van der Waals surface area contributed by atoms with Crippen molar-refractivity contribution in [2.45, 2.75) is 38.8 Å². The Bertz CT molecular complexity index is 299. The third kappa shape index (κ3) is 4.06. The highest BCUT2D eigenvalue weighted by atomic mass is 16.5. The molecule has 1 atom stereocenters. The molecule has 0 aliphatic carbocycles. The van der Waals surface area contributed by atoms with E-state index in [1.807, 2.05) is 13.8 Å².